The van der Waals surface area contributed by atoms with E-state index in [2.05, 4.69) is 0 Å². The first-order valence-electron chi connectivity index (χ1n) is 5.48. The van der Waals surface area contributed by atoms with Gasteiger partial charge in [-0.05, 0) is 24.5 Å². The molecule has 3 N–H and O–H groups in total. The number of nitrogens with two attached hydrogens (primary N) is 1. The van der Waals surface area contributed by atoms with E-state index in [9.17, 15) is 22.7 Å². The molecule has 0 aromatic heterocycles. The third-order valence-corrected chi connectivity index (χ3v) is 2.57. The molecule has 0 radical (unpaired) electrons. The minimum atomic E-state index is -4.67. The predicted molar refractivity (Wildman–Crippen MR) is 59.5 cm³/mol. The summed E-state index contributed by atoms with van der Waals surface area (Å²) in [7, 11) is 0. The van der Waals surface area contributed by atoms with E-state index in [0.717, 1.165) is 0 Å². The number of rotatable bonds is 3. The number of benzene rings is 1. The topological polar surface area (TPSA) is 46.2 Å². The molecule has 2 nitrogen and oxygen atoms in total. The van der Waals surface area contributed by atoms with Gasteiger partial charge in [0.05, 0.1) is 5.56 Å². The zero-order valence-electron chi connectivity index (χ0n) is 10.1. The molecule has 0 saturated carbocycles. The highest BCUT2D eigenvalue weighted by molar-refractivity contribution is 5.44. The minimum absolute atomic E-state index is 0.0313. The SMILES string of the molecule is CC(C)C[C@H](N)c1c(C(F)(F)F)ccc(F)c1O. The Kier molecular flexibility index (Phi) is 4.21. The largest absolute Gasteiger partial charge is 0.505 e. The molecular formula is C12H15F4NO. The Bertz CT molecular complexity index is 429. The fourth-order valence-electron chi connectivity index (χ4n) is 1.83. The second-order valence-electron chi connectivity index (χ2n) is 4.59. The molecule has 1 aromatic carbocycles. The molecule has 0 amide bonds. The van der Waals surface area contributed by atoms with Crippen LogP contribution in [0.3, 0.4) is 0 Å². The molecule has 1 rings (SSSR count). The van der Waals surface area contributed by atoms with Gasteiger partial charge in [0.15, 0.2) is 11.6 Å². The van der Waals surface area contributed by atoms with Crippen LogP contribution in [0.1, 0.15) is 37.4 Å². The van der Waals surface area contributed by atoms with Gasteiger partial charge in [-0.2, -0.15) is 13.2 Å². The summed E-state index contributed by atoms with van der Waals surface area (Å²) in [6.45, 7) is 3.56. The average molecular weight is 265 g/mol. The fourth-order valence-corrected chi connectivity index (χ4v) is 1.83. The maximum Gasteiger partial charge on any atom is 0.416 e. The monoisotopic (exact) mass is 265 g/mol. The van der Waals surface area contributed by atoms with E-state index in [1.165, 1.54) is 0 Å². The van der Waals surface area contributed by atoms with Crippen molar-refractivity contribution in [2.45, 2.75) is 32.5 Å². The second kappa shape index (κ2) is 5.14. The Labute approximate surface area is 102 Å². The molecule has 18 heavy (non-hydrogen) atoms. The fraction of sp³-hybridized carbons (Fsp3) is 0.500. The van der Waals surface area contributed by atoms with Crippen molar-refractivity contribution in [1.29, 1.82) is 0 Å². The van der Waals surface area contributed by atoms with E-state index in [0.29, 0.717) is 12.1 Å². The van der Waals surface area contributed by atoms with Crippen LogP contribution in [-0.2, 0) is 6.18 Å². The molecule has 0 bridgehead atoms. The summed E-state index contributed by atoms with van der Waals surface area (Å²) in [5, 5.41) is 9.47. The first kappa shape index (κ1) is 14.8. The van der Waals surface area contributed by atoms with Gasteiger partial charge in [-0.3, -0.25) is 0 Å². The smallest absolute Gasteiger partial charge is 0.416 e. The van der Waals surface area contributed by atoms with Crippen molar-refractivity contribution in [3.05, 3.63) is 29.1 Å². The van der Waals surface area contributed by atoms with Crippen molar-refractivity contribution in [1.82, 2.24) is 0 Å². The summed E-state index contributed by atoms with van der Waals surface area (Å²) in [6.07, 6.45) is -4.45. The molecular weight excluding hydrogens is 250 g/mol. The Morgan fingerprint density at radius 1 is 1.28 bits per heavy atom. The van der Waals surface area contributed by atoms with Crippen molar-refractivity contribution in [3.63, 3.8) is 0 Å². The quantitative estimate of drug-likeness (QED) is 0.820. The third-order valence-electron chi connectivity index (χ3n) is 2.57. The van der Waals surface area contributed by atoms with Crippen LogP contribution < -0.4 is 5.73 Å². The summed E-state index contributed by atoms with van der Waals surface area (Å²) in [5.41, 5.74) is 3.98. The highest BCUT2D eigenvalue weighted by atomic mass is 19.4. The van der Waals surface area contributed by atoms with Crippen LogP contribution in [0.25, 0.3) is 0 Å². The molecule has 0 aliphatic heterocycles. The lowest BCUT2D eigenvalue weighted by Crippen LogP contribution is -2.19. The van der Waals surface area contributed by atoms with E-state index < -0.39 is 34.9 Å². The van der Waals surface area contributed by atoms with E-state index in [-0.39, 0.29) is 12.3 Å². The number of halogens is 4. The number of phenols is 1. The van der Waals surface area contributed by atoms with Gasteiger partial charge in [0, 0.05) is 11.6 Å². The van der Waals surface area contributed by atoms with Crippen molar-refractivity contribution < 1.29 is 22.7 Å². The number of alkyl halides is 3. The van der Waals surface area contributed by atoms with Gasteiger partial charge in [-0.15, -0.1) is 0 Å². The van der Waals surface area contributed by atoms with Gasteiger partial charge in [0.25, 0.3) is 0 Å². The van der Waals surface area contributed by atoms with Gasteiger partial charge < -0.3 is 10.8 Å². The van der Waals surface area contributed by atoms with Gasteiger partial charge in [0.1, 0.15) is 0 Å². The zero-order valence-corrected chi connectivity index (χ0v) is 10.1. The van der Waals surface area contributed by atoms with Crippen molar-refractivity contribution in [2.75, 3.05) is 0 Å². The molecule has 0 fully saturated rings. The second-order valence-corrected chi connectivity index (χ2v) is 4.59. The first-order chi connectivity index (χ1) is 8.14. The van der Waals surface area contributed by atoms with Crippen LogP contribution in [0, 0.1) is 11.7 Å². The van der Waals surface area contributed by atoms with E-state index in [4.69, 9.17) is 5.73 Å². The van der Waals surface area contributed by atoms with Crippen LogP contribution in [0.2, 0.25) is 0 Å². The van der Waals surface area contributed by atoms with Gasteiger partial charge in [0.2, 0.25) is 0 Å². The average Bonchev–Trinajstić information content (AvgIpc) is 2.18. The molecule has 102 valence electrons. The van der Waals surface area contributed by atoms with Crippen molar-refractivity contribution in [2.24, 2.45) is 11.7 Å². The number of hydrogen-bond acceptors (Lipinski definition) is 2. The summed E-state index contributed by atoms with van der Waals surface area (Å²) < 4.78 is 51.5. The van der Waals surface area contributed by atoms with Crippen molar-refractivity contribution >= 4 is 0 Å². The molecule has 0 unspecified atom stereocenters. The van der Waals surface area contributed by atoms with Gasteiger partial charge >= 0.3 is 6.18 Å². The highest BCUT2D eigenvalue weighted by Gasteiger charge is 2.37. The van der Waals surface area contributed by atoms with Crippen molar-refractivity contribution in [3.8, 4) is 5.75 Å². The Hall–Kier alpha value is -1.30. The third kappa shape index (κ3) is 3.13. The predicted octanol–water partition coefficient (Wildman–Crippen LogP) is 3.60. The van der Waals surface area contributed by atoms with E-state index in [1.54, 1.807) is 13.8 Å². The summed E-state index contributed by atoms with van der Waals surface area (Å²) >= 11 is 0. The number of phenolic OH excluding ortho intramolecular Hbond substituents is 1. The molecule has 0 heterocycles. The van der Waals surface area contributed by atoms with Crippen LogP contribution in [-0.4, -0.2) is 5.11 Å². The number of aromatic hydroxyl groups is 1. The lowest BCUT2D eigenvalue weighted by molar-refractivity contribution is -0.138. The van der Waals surface area contributed by atoms with Crippen LogP contribution in [0.15, 0.2) is 12.1 Å². The maximum absolute atomic E-state index is 13.2. The Balaban J connectivity index is 3.34. The Morgan fingerprint density at radius 3 is 2.28 bits per heavy atom. The molecule has 0 spiro atoms. The van der Waals surface area contributed by atoms with E-state index >= 15 is 0 Å². The lowest BCUT2D eigenvalue weighted by atomic mass is 9.93. The van der Waals surface area contributed by atoms with Gasteiger partial charge in [-0.25, -0.2) is 4.39 Å². The molecule has 6 heteroatoms. The van der Waals surface area contributed by atoms with Gasteiger partial charge in [-0.1, -0.05) is 13.8 Å². The molecule has 1 aromatic rings. The van der Waals surface area contributed by atoms with Crippen LogP contribution >= 0.6 is 0 Å². The molecule has 1 atom stereocenters. The molecule has 0 aliphatic carbocycles. The van der Waals surface area contributed by atoms with Crippen LogP contribution in [0.5, 0.6) is 5.75 Å². The standard InChI is InChI=1S/C12H15F4NO/c1-6(2)5-9(17)10-7(12(14,15)16)3-4-8(13)11(10)18/h3-4,6,9,18H,5,17H2,1-2H3/t9-/m0/s1. The zero-order chi connectivity index (χ0) is 14.1. The summed E-state index contributed by atoms with van der Waals surface area (Å²) in [6, 6.07) is 0.131. The summed E-state index contributed by atoms with van der Waals surface area (Å²) in [4.78, 5) is 0. The maximum atomic E-state index is 13.2. The molecule has 0 saturated heterocycles. The summed E-state index contributed by atoms with van der Waals surface area (Å²) in [5.74, 6) is -2.08. The highest BCUT2D eigenvalue weighted by Crippen LogP contribution is 2.40. The normalized spacial score (nSPS) is 14.0. The first-order valence-corrected chi connectivity index (χ1v) is 5.48. The number of hydrogen-bond donors (Lipinski definition) is 2. The lowest BCUT2D eigenvalue weighted by Gasteiger charge is -2.21. The minimum Gasteiger partial charge on any atom is -0.505 e. The Morgan fingerprint density at radius 2 is 1.83 bits per heavy atom. The molecule has 0 aliphatic rings. The van der Waals surface area contributed by atoms with E-state index in [1.807, 2.05) is 0 Å². The van der Waals surface area contributed by atoms with Crippen LogP contribution in [0.4, 0.5) is 17.6 Å².